The van der Waals surface area contributed by atoms with Crippen molar-refractivity contribution in [2.24, 2.45) is 5.92 Å². The number of anilines is 1. The molecule has 1 aliphatic rings. The van der Waals surface area contributed by atoms with E-state index in [1.807, 2.05) is 6.07 Å². The van der Waals surface area contributed by atoms with Gasteiger partial charge in [-0.3, -0.25) is 4.79 Å². The summed E-state index contributed by atoms with van der Waals surface area (Å²) in [7, 11) is 0. The first-order chi connectivity index (χ1) is 7.66. The summed E-state index contributed by atoms with van der Waals surface area (Å²) in [5.74, 6) is 0.518. The van der Waals surface area contributed by atoms with Crippen LogP contribution in [0.4, 0.5) is 5.69 Å². The van der Waals surface area contributed by atoms with Gasteiger partial charge in [0.15, 0.2) is 0 Å². The second kappa shape index (κ2) is 4.56. The van der Waals surface area contributed by atoms with Gasteiger partial charge in [-0.15, -0.1) is 0 Å². The highest BCUT2D eigenvalue weighted by Gasteiger charge is 2.24. The van der Waals surface area contributed by atoms with E-state index in [-0.39, 0.29) is 5.91 Å². The molecule has 0 unspecified atom stereocenters. The van der Waals surface area contributed by atoms with Crippen molar-refractivity contribution >= 4 is 11.6 Å². The maximum absolute atomic E-state index is 10.9. The lowest BCUT2D eigenvalue weighted by Gasteiger charge is -2.32. The van der Waals surface area contributed by atoms with Crippen molar-refractivity contribution in [1.82, 2.24) is 5.32 Å². The highest BCUT2D eigenvalue weighted by atomic mass is 16.1. The summed E-state index contributed by atoms with van der Waals surface area (Å²) in [5, 5.41) is 6.38. The van der Waals surface area contributed by atoms with E-state index in [0.717, 1.165) is 13.0 Å². The second-order valence-electron chi connectivity index (χ2n) is 4.49. The molecule has 1 amide bonds. The molecule has 2 rings (SSSR count). The quantitative estimate of drug-likeness (QED) is 0.794. The van der Waals surface area contributed by atoms with Crippen molar-refractivity contribution < 1.29 is 4.79 Å². The van der Waals surface area contributed by atoms with Crippen LogP contribution in [0.1, 0.15) is 19.4 Å². The summed E-state index contributed by atoms with van der Waals surface area (Å²) in [6.45, 7) is 4.48. The fraction of sp³-hybridized carbons (Fsp3) is 0.462. The molecule has 0 saturated heterocycles. The standard InChI is InChI=1S/C13H18N2O/c1-9-12(8-14-10(2)16)7-11-5-3-4-6-13(11)15-9/h3-6,9,12,15H,7-8H2,1-2H3,(H,14,16)/t9-,12+/m1/s1. The second-order valence-corrected chi connectivity index (χ2v) is 4.49. The highest BCUT2D eigenvalue weighted by molar-refractivity contribution is 5.72. The number of hydrogen-bond acceptors (Lipinski definition) is 2. The molecular formula is C13H18N2O. The molecule has 1 aromatic carbocycles. The Morgan fingerprint density at radius 3 is 3.00 bits per heavy atom. The zero-order chi connectivity index (χ0) is 11.5. The monoisotopic (exact) mass is 218 g/mol. The van der Waals surface area contributed by atoms with Gasteiger partial charge in [-0.2, -0.15) is 0 Å². The van der Waals surface area contributed by atoms with Gasteiger partial charge in [-0.05, 0) is 25.0 Å². The zero-order valence-electron chi connectivity index (χ0n) is 9.79. The van der Waals surface area contributed by atoms with Crippen molar-refractivity contribution in [3.63, 3.8) is 0 Å². The Kier molecular flexibility index (Phi) is 3.13. The van der Waals surface area contributed by atoms with Gasteiger partial charge in [0.25, 0.3) is 0 Å². The van der Waals surface area contributed by atoms with Gasteiger partial charge in [0.2, 0.25) is 5.91 Å². The maximum Gasteiger partial charge on any atom is 0.216 e. The van der Waals surface area contributed by atoms with E-state index in [0.29, 0.717) is 12.0 Å². The molecule has 0 saturated carbocycles. The number of carbonyl (C=O) groups is 1. The molecule has 3 heteroatoms. The van der Waals surface area contributed by atoms with Crippen LogP contribution in [0.3, 0.4) is 0 Å². The first-order valence-corrected chi connectivity index (χ1v) is 5.75. The molecule has 1 aromatic rings. The van der Waals surface area contributed by atoms with Crippen LogP contribution in [0, 0.1) is 5.92 Å². The summed E-state index contributed by atoms with van der Waals surface area (Å²) in [5.41, 5.74) is 2.57. The number of benzene rings is 1. The van der Waals surface area contributed by atoms with Crippen LogP contribution in [-0.2, 0) is 11.2 Å². The largest absolute Gasteiger partial charge is 0.382 e. The molecule has 1 aliphatic heterocycles. The van der Waals surface area contributed by atoms with Crippen molar-refractivity contribution in [2.75, 3.05) is 11.9 Å². The molecule has 16 heavy (non-hydrogen) atoms. The smallest absolute Gasteiger partial charge is 0.216 e. The van der Waals surface area contributed by atoms with Crippen molar-refractivity contribution in [1.29, 1.82) is 0 Å². The minimum Gasteiger partial charge on any atom is -0.382 e. The lowest BCUT2D eigenvalue weighted by Crippen LogP contribution is -2.40. The fourth-order valence-corrected chi connectivity index (χ4v) is 2.19. The molecule has 0 aromatic heterocycles. The van der Waals surface area contributed by atoms with E-state index in [1.165, 1.54) is 11.3 Å². The number of fused-ring (bicyclic) bond motifs is 1. The average molecular weight is 218 g/mol. The van der Waals surface area contributed by atoms with E-state index >= 15 is 0 Å². The summed E-state index contributed by atoms with van der Waals surface area (Å²) >= 11 is 0. The van der Waals surface area contributed by atoms with Gasteiger partial charge in [-0.25, -0.2) is 0 Å². The predicted octanol–water partition coefficient (Wildman–Crippen LogP) is 1.80. The van der Waals surface area contributed by atoms with Crippen LogP contribution in [0.25, 0.3) is 0 Å². The van der Waals surface area contributed by atoms with Gasteiger partial charge >= 0.3 is 0 Å². The van der Waals surface area contributed by atoms with Crippen LogP contribution in [0.2, 0.25) is 0 Å². The summed E-state index contributed by atoms with van der Waals surface area (Å²) in [6.07, 6.45) is 1.03. The molecule has 86 valence electrons. The lowest BCUT2D eigenvalue weighted by molar-refractivity contribution is -0.119. The summed E-state index contributed by atoms with van der Waals surface area (Å²) in [6, 6.07) is 8.77. The predicted molar refractivity (Wildman–Crippen MR) is 65.4 cm³/mol. The van der Waals surface area contributed by atoms with Gasteiger partial charge in [-0.1, -0.05) is 18.2 Å². The molecule has 3 nitrogen and oxygen atoms in total. The molecule has 2 atom stereocenters. The van der Waals surface area contributed by atoms with Crippen LogP contribution in [0.5, 0.6) is 0 Å². The van der Waals surface area contributed by atoms with Crippen LogP contribution < -0.4 is 10.6 Å². The molecule has 0 bridgehead atoms. The Bertz CT molecular complexity index is 389. The zero-order valence-corrected chi connectivity index (χ0v) is 9.79. The molecule has 0 fully saturated rings. The van der Waals surface area contributed by atoms with Crippen molar-refractivity contribution in [3.05, 3.63) is 29.8 Å². The third kappa shape index (κ3) is 2.35. The van der Waals surface area contributed by atoms with E-state index in [1.54, 1.807) is 6.92 Å². The number of amides is 1. The van der Waals surface area contributed by atoms with Gasteiger partial charge < -0.3 is 10.6 Å². The summed E-state index contributed by atoms with van der Waals surface area (Å²) in [4.78, 5) is 10.9. The SMILES string of the molecule is CC(=O)NC[C@@H]1Cc2ccccc2N[C@@H]1C. The Morgan fingerprint density at radius 2 is 2.25 bits per heavy atom. The van der Waals surface area contributed by atoms with E-state index in [4.69, 9.17) is 0 Å². The first kappa shape index (κ1) is 11.0. The number of para-hydroxylation sites is 1. The van der Waals surface area contributed by atoms with E-state index in [2.05, 4.69) is 35.8 Å². The third-order valence-corrected chi connectivity index (χ3v) is 3.20. The van der Waals surface area contributed by atoms with Crippen LogP contribution in [-0.4, -0.2) is 18.5 Å². The maximum atomic E-state index is 10.9. The topological polar surface area (TPSA) is 41.1 Å². The number of rotatable bonds is 2. The van der Waals surface area contributed by atoms with Crippen LogP contribution in [0.15, 0.2) is 24.3 Å². The number of hydrogen-bond donors (Lipinski definition) is 2. The fourth-order valence-electron chi connectivity index (χ4n) is 2.19. The highest BCUT2D eigenvalue weighted by Crippen LogP contribution is 2.27. The summed E-state index contributed by atoms with van der Waals surface area (Å²) < 4.78 is 0. The van der Waals surface area contributed by atoms with Crippen molar-refractivity contribution in [3.8, 4) is 0 Å². The molecule has 1 heterocycles. The van der Waals surface area contributed by atoms with Crippen LogP contribution >= 0.6 is 0 Å². The molecule has 0 radical (unpaired) electrons. The lowest BCUT2D eigenvalue weighted by atomic mass is 9.88. The Morgan fingerprint density at radius 1 is 1.50 bits per heavy atom. The molecule has 0 spiro atoms. The minimum absolute atomic E-state index is 0.0473. The number of nitrogens with one attached hydrogen (secondary N) is 2. The Hall–Kier alpha value is -1.51. The van der Waals surface area contributed by atoms with Crippen molar-refractivity contribution in [2.45, 2.75) is 26.3 Å². The average Bonchev–Trinajstić information content (AvgIpc) is 2.26. The van der Waals surface area contributed by atoms with Gasteiger partial charge in [0.05, 0.1) is 0 Å². The van der Waals surface area contributed by atoms with Gasteiger partial charge in [0, 0.05) is 31.1 Å². The Balaban J connectivity index is 2.06. The van der Waals surface area contributed by atoms with E-state index in [9.17, 15) is 4.79 Å². The molecular weight excluding hydrogens is 200 g/mol. The minimum atomic E-state index is 0.0473. The third-order valence-electron chi connectivity index (χ3n) is 3.20. The molecule has 2 N–H and O–H groups in total. The van der Waals surface area contributed by atoms with E-state index < -0.39 is 0 Å². The molecule has 0 aliphatic carbocycles. The first-order valence-electron chi connectivity index (χ1n) is 5.75. The Labute approximate surface area is 96.2 Å². The van der Waals surface area contributed by atoms with Gasteiger partial charge in [0.1, 0.15) is 0 Å². The normalized spacial score (nSPS) is 23.1. The number of carbonyl (C=O) groups excluding carboxylic acids is 1.